The molecule has 15 heavy (non-hydrogen) atoms. The third kappa shape index (κ3) is 2.04. The van der Waals surface area contributed by atoms with Gasteiger partial charge in [-0.1, -0.05) is 30.7 Å². The van der Waals surface area contributed by atoms with Gasteiger partial charge in [0.1, 0.15) is 0 Å². The van der Waals surface area contributed by atoms with Crippen LogP contribution in [0.4, 0.5) is 0 Å². The first-order valence-corrected chi connectivity index (χ1v) is 5.88. The van der Waals surface area contributed by atoms with Crippen LogP contribution in [-0.2, 0) is 5.60 Å². The molecule has 0 bridgehead atoms. The Morgan fingerprint density at radius 3 is 2.73 bits per heavy atom. The highest BCUT2D eigenvalue weighted by molar-refractivity contribution is 6.31. The van der Waals surface area contributed by atoms with Crippen LogP contribution in [0.1, 0.15) is 37.3 Å². The van der Waals surface area contributed by atoms with Crippen molar-refractivity contribution in [3.63, 3.8) is 0 Å². The number of rotatable bonds is 1. The summed E-state index contributed by atoms with van der Waals surface area (Å²) in [6, 6.07) is 5.90. The van der Waals surface area contributed by atoms with Crippen LogP contribution in [0.3, 0.4) is 0 Å². The molecule has 1 aliphatic rings. The maximum atomic E-state index is 10.5. The molecule has 1 N–H and O–H groups in total. The Bertz CT molecular complexity index is 375. The highest BCUT2D eigenvalue weighted by atomic mass is 35.5. The Morgan fingerprint density at radius 1 is 1.47 bits per heavy atom. The lowest BCUT2D eigenvalue weighted by atomic mass is 9.91. The monoisotopic (exact) mass is 224 g/mol. The summed E-state index contributed by atoms with van der Waals surface area (Å²) in [6.45, 7) is 4.17. The summed E-state index contributed by atoms with van der Waals surface area (Å²) in [4.78, 5) is 0. The van der Waals surface area contributed by atoms with Crippen molar-refractivity contribution in [2.75, 3.05) is 0 Å². The Balaban J connectivity index is 2.33. The summed E-state index contributed by atoms with van der Waals surface area (Å²) in [5.41, 5.74) is 1.40. The second kappa shape index (κ2) is 3.80. The zero-order valence-electron chi connectivity index (χ0n) is 9.26. The molecule has 0 spiro atoms. The van der Waals surface area contributed by atoms with Gasteiger partial charge in [-0.3, -0.25) is 0 Å². The largest absolute Gasteiger partial charge is 0.385 e. The zero-order chi connectivity index (χ0) is 11.1. The molecule has 2 unspecified atom stereocenters. The van der Waals surface area contributed by atoms with Gasteiger partial charge in [-0.05, 0) is 49.3 Å². The number of aliphatic hydroxyl groups is 1. The van der Waals surface area contributed by atoms with Gasteiger partial charge in [-0.2, -0.15) is 0 Å². The van der Waals surface area contributed by atoms with Gasteiger partial charge < -0.3 is 5.11 Å². The molecule has 2 atom stereocenters. The van der Waals surface area contributed by atoms with Gasteiger partial charge in [-0.25, -0.2) is 0 Å². The van der Waals surface area contributed by atoms with E-state index in [1.807, 2.05) is 25.1 Å². The molecule has 1 aliphatic carbocycles. The number of hydrogen-bond donors (Lipinski definition) is 1. The molecule has 1 fully saturated rings. The van der Waals surface area contributed by atoms with Gasteiger partial charge in [0.15, 0.2) is 0 Å². The van der Waals surface area contributed by atoms with Crippen molar-refractivity contribution >= 4 is 11.6 Å². The van der Waals surface area contributed by atoms with Crippen LogP contribution in [-0.4, -0.2) is 5.11 Å². The number of hydrogen-bond acceptors (Lipinski definition) is 1. The molecule has 0 heterocycles. The molecule has 2 heteroatoms. The summed E-state index contributed by atoms with van der Waals surface area (Å²) in [5, 5.41) is 11.2. The average molecular weight is 225 g/mol. The molecule has 0 aliphatic heterocycles. The number of benzene rings is 1. The summed E-state index contributed by atoms with van der Waals surface area (Å²) >= 11 is 6.08. The van der Waals surface area contributed by atoms with Crippen molar-refractivity contribution in [1.29, 1.82) is 0 Å². The number of aryl methyl sites for hydroxylation is 1. The summed E-state index contributed by atoms with van der Waals surface area (Å²) in [6.07, 6.45) is 2.81. The van der Waals surface area contributed by atoms with Gasteiger partial charge in [0.25, 0.3) is 0 Å². The van der Waals surface area contributed by atoms with Crippen LogP contribution < -0.4 is 0 Å². The van der Waals surface area contributed by atoms with E-state index in [0.717, 1.165) is 35.4 Å². The van der Waals surface area contributed by atoms with Gasteiger partial charge in [0.2, 0.25) is 0 Å². The topological polar surface area (TPSA) is 20.2 Å². The highest BCUT2D eigenvalue weighted by Crippen LogP contribution is 2.42. The van der Waals surface area contributed by atoms with E-state index in [9.17, 15) is 5.11 Å². The van der Waals surface area contributed by atoms with E-state index in [4.69, 9.17) is 11.6 Å². The van der Waals surface area contributed by atoms with Crippen molar-refractivity contribution in [1.82, 2.24) is 0 Å². The first kappa shape index (κ1) is 11.0. The Kier molecular flexibility index (Phi) is 2.78. The van der Waals surface area contributed by atoms with Gasteiger partial charge in [-0.15, -0.1) is 0 Å². The molecule has 0 saturated heterocycles. The fraction of sp³-hybridized carbons (Fsp3) is 0.538. The standard InChI is InChI=1S/C13H17ClO/c1-9-5-6-13(15,8-9)11-4-3-10(2)12(14)7-11/h3-4,7,9,15H,5-6,8H2,1-2H3. The van der Waals surface area contributed by atoms with E-state index in [0.29, 0.717) is 5.92 Å². The van der Waals surface area contributed by atoms with Gasteiger partial charge in [0.05, 0.1) is 5.60 Å². The molecular formula is C13H17ClO. The molecule has 2 rings (SSSR count). The van der Waals surface area contributed by atoms with Crippen molar-refractivity contribution in [2.24, 2.45) is 5.92 Å². The van der Waals surface area contributed by atoms with E-state index >= 15 is 0 Å². The maximum Gasteiger partial charge on any atom is 0.0899 e. The van der Waals surface area contributed by atoms with Crippen LogP contribution >= 0.6 is 11.6 Å². The molecule has 0 aromatic heterocycles. The van der Waals surface area contributed by atoms with Crippen LogP contribution in [0.2, 0.25) is 5.02 Å². The second-order valence-corrected chi connectivity index (χ2v) is 5.25. The van der Waals surface area contributed by atoms with E-state index in [2.05, 4.69) is 6.92 Å². The minimum Gasteiger partial charge on any atom is -0.385 e. The Morgan fingerprint density at radius 2 is 2.20 bits per heavy atom. The lowest BCUT2D eigenvalue weighted by molar-refractivity contribution is 0.0408. The molecule has 1 aromatic carbocycles. The summed E-state index contributed by atoms with van der Waals surface area (Å²) in [7, 11) is 0. The average Bonchev–Trinajstić information content (AvgIpc) is 2.52. The summed E-state index contributed by atoms with van der Waals surface area (Å²) in [5.74, 6) is 0.607. The Hall–Kier alpha value is -0.530. The molecule has 1 nitrogen and oxygen atoms in total. The van der Waals surface area contributed by atoms with Gasteiger partial charge in [0, 0.05) is 5.02 Å². The highest BCUT2D eigenvalue weighted by Gasteiger charge is 2.36. The normalized spacial score (nSPS) is 30.8. The quantitative estimate of drug-likeness (QED) is 0.772. The van der Waals surface area contributed by atoms with Crippen molar-refractivity contribution in [2.45, 2.75) is 38.7 Å². The zero-order valence-corrected chi connectivity index (χ0v) is 10.0. The molecule has 82 valence electrons. The van der Waals surface area contributed by atoms with E-state index < -0.39 is 5.60 Å². The lowest BCUT2D eigenvalue weighted by Crippen LogP contribution is -2.21. The Labute approximate surface area is 96.1 Å². The predicted octanol–water partition coefficient (Wildman–Crippen LogP) is 3.66. The summed E-state index contributed by atoms with van der Waals surface area (Å²) < 4.78 is 0. The van der Waals surface area contributed by atoms with E-state index in [1.54, 1.807) is 0 Å². The first-order chi connectivity index (χ1) is 7.01. The molecule has 0 amide bonds. The van der Waals surface area contributed by atoms with Crippen molar-refractivity contribution in [3.8, 4) is 0 Å². The lowest BCUT2D eigenvalue weighted by Gasteiger charge is -2.23. The van der Waals surface area contributed by atoms with Crippen molar-refractivity contribution < 1.29 is 5.11 Å². The van der Waals surface area contributed by atoms with E-state index in [-0.39, 0.29) is 0 Å². The van der Waals surface area contributed by atoms with Crippen LogP contribution in [0.5, 0.6) is 0 Å². The fourth-order valence-corrected chi connectivity index (χ4v) is 2.59. The van der Waals surface area contributed by atoms with Crippen molar-refractivity contribution in [3.05, 3.63) is 34.3 Å². The SMILES string of the molecule is Cc1ccc(C2(O)CCC(C)C2)cc1Cl. The van der Waals surface area contributed by atoms with Crippen LogP contribution in [0.25, 0.3) is 0 Å². The predicted molar refractivity (Wildman–Crippen MR) is 63.1 cm³/mol. The second-order valence-electron chi connectivity index (χ2n) is 4.84. The number of halogens is 1. The smallest absolute Gasteiger partial charge is 0.0899 e. The van der Waals surface area contributed by atoms with Crippen LogP contribution in [0.15, 0.2) is 18.2 Å². The molecular weight excluding hydrogens is 208 g/mol. The molecule has 0 radical (unpaired) electrons. The van der Waals surface area contributed by atoms with Crippen LogP contribution in [0, 0.1) is 12.8 Å². The van der Waals surface area contributed by atoms with Gasteiger partial charge >= 0.3 is 0 Å². The minimum atomic E-state index is -0.642. The third-order valence-corrected chi connectivity index (χ3v) is 3.85. The third-order valence-electron chi connectivity index (χ3n) is 3.45. The minimum absolute atomic E-state index is 0.607. The van der Waals surface area contributed by atoms with E-state index in [1.165, 1.54) is 0 Å². The molecule has 1 aromatic rings. The maximum absolute atomic E-state index is 10.5. The first-order valence-electron chi connectivity index (χ1n) is 5.50. The molecule has 1 saturated carbocycles. The fourth-order valence-electron chi connectivity index (χ4n) is 2.41.